The highest BCUT2D eigenvalue weighted by atomic mass is 16.5. The molecule has 0 aliphatic heterocycles. The fraction of sp³-hybridized carbons (Fsp3) is 0.389. The van der Waals surface area contributed by atoms with Crippen LogP contribution in [0.25, 0.3) is 0 Å². The molecule has 0 saturated heterocycles. The minimum Gasteiger partial charge on any atom is -0.497 e. The van der Waals surface area contributed by atoms with Gasteiger partial charge in [0.1, 0.15) is 23.4 Å². The number of nitriles is 1. The lowest BCUT2D eigenvalue weighted by Gasteiger charge is -2.14. The van der Waals surface area contributed by atoms with E-state index in [1.165, 1.54) is 7.11 Å². The van der Waals surface area contributed by atoms with Crippen LogP contribution in [0.4, 0.5) is 11.5 Å². The summed E-state index contributed by atoms with van der Waals surface area (Å²) in [5.41, 5.74) is 0.0731. The summed E-state index contributed by atoms with van der Waals surface area (Å²) in [7, 11) is 3.10. The number of aromatic nitrogens is 2. The van der Waals surface area contributed by atoms with Gasteiger partial charge in [-0.3, -0.25) is 4.79 Å². The minimum atomic E-state index is -0.453. The molecule has 25 heavy (non-hydrogen) atoms. The van der Waals surface area contributed by atoms with Gasteiger partial charge in [0.25, 0.3) is 5.56 Å². The number of rotatable bonds is 7. The Bertz CT molecular complexity index is 839. The maximum absolute atomic E-state index is 12.2. The van der Waals surface area contributed by atoms with Crippen LogP contribution in [0.3, 0.4) is 0 Å². The molecule has 2 aromatic rings. The molecule has 0 bridgehead atoms. The van der Waals surface area contributed by atoms with Crippen molar-refractivity contribution in [2.45, 2.75) is 26.7 Å². The second-order valence-corrected chi connectivity index (χ2v) is 5.76. The van der Waals surface area contributed by atoms with Crippen molar-refractivity contribution in [3.05, 3.63) is 39.9 Å². The van der Waals surface area contributed by atoms with Crippen molar-refractivity contribution in [2.24, 2.45) is 5.92 Å². The Kier molecular flexibility index (Phi) is 6.01. The summed E-state index contributed by atoms with van der Waals surface area (Å²) >= 11 is 0. The summed E-state index contributed by atoms with van der Waals surface area (Å²) in [6.45, 7) is 4.16. The Labute approximate surface area is 146 Å². The Morgan fingerprint density at radius 2 is 2.12 bits per heavy atom. The van der Waals surface area contributed by atoms with E-state index >= 15 is 0 Å². The van der Waals surface area contributed by atoms with E-state index in [-0.39, 0.29) is 11.4 Å². The number of hydrogen-bond acceptors (Lipinski definition) is 6. The number of anilines is 2. The summed E-state index contributed by atoms with van der Waals surface area (Å²) in [4.78, 5) is 19.3. The molecule has 1 unspecified atom stereocenters. The van der Waals surface area contributed by atoms with Gasteiger partial charge in [0.15, 0.2) is 11.4 Å². The third-order valence-corrected chi connectivity index (χ3v) is 3.98. The number of ether oxygens (including phenoxy) is 2. The Morgan fingerprint density at radius 1 is 1.36 bits per heavy atom. The normalized spacial score (nSPS) is 11.5. The average Bonchev–Trinajstić information content (AvgIpc) is 2.61. The fourth-order valence-corrected chi connectivity index (χ4v) is 2.31. The van der Waals surface area contributed by atoms with Crippen molar-refractivity contribution in [1.82, 2.24) is 9.97 Å². The van der Waals surface area contributed by atoms with E-state index in [2.05, 4.69) is 29.1 Å². The molecule has 0 aliphatic carbocycles. The molecular formula is C18H22N4O3. The number of aromatic amines is 1. The molecule has 2 rings (SSSR count). The smallest absolute Gasteiger partial charge is 0.271 e. The number of benzene rings is 1. The van der Waals surface area contributed by atoms with Gasteiger partial charge < -0.3 is 19.8 Å². The summed E-state index contributed by atoms with van der Waals surface area (Å²) in [6.07, 6.45) is 1.60. The first-order chi connectivity index (χ1) is 12.0. The third-order valence-electron chi connectivity index (χ3n) is 3.98. The van der Waals surface area contributed by atoms with Gasteiger partial charge in [-0.25, -0.2) is 4.98 Å². The van der Waals surface area contributed by atoms with Gasteiger partial charge in [0.2, 0.25) is 0 Å². The predicted molar refractivity (Wildman–Crippen MR) is 95.6 cm³/mol. The molecule has 7 heteroatoms. The standard InChI is InChI=1S/C18H22N4O3/c1-5-11(2)8-16-21-17(13(10-19)18(23)22-16)20-14-7-6-12(24-3)9-15(14)25-4/h6-7,9,11H,5,8H2,1-4H3,(H2,20,21,22,23). The van der Waals surface area contributed by atoms with Crippen molar-refractivity contribution in [3.8, 4) is 17.6 Å². The van der Waals surface area contributed by atoms with E-state index in [1.807, 2.05) is 6.07 Å². The maximum atomic E-state index is 12.2. The SMILES string of the molecule is CCC(C)Cc1nc(Nc2ccc(OC)cc2OC)c(C#N)c(=O)[nH]1. The number of nitrogens with one attached hydrogen (secondary N) is 2. The van der Waals surface area contributed by atoms with E-state index < -0.39 is 5.56 Å². The zero-order valence-electron chi connectivity index (χ0n) is 14.8. The van der Waals surface area contributed by atoms with Crippen LogP contribution < -0.4 is 20.3 Å². The zero-order chi connectivity index (χ0) is 18.4. The molecule has 0 amide bonds. The van der Waals surface area contributed by atoms with Gasteiger partial charge >= 0.3 is 0 Å². The second kappa shape index (κ2) is 8.20. The van der Waals surface area contributed by atoms with Crippen LogP contribution in [0.15, 0.2) is 23.0 Å². The molecule has 0 radical (unpaired) electrons. The van der Waals surface area contributed by atoms with Crippen molar-refractivity contribution in [2.75, 3.05) is 19.5 Å². The van der Waals surface area contributed by atoms with Crippen LogP contribution in [0, 0.1) is 17.2 Å². The number of nitrogens with zero attached hydrogens (tertiary/aromatic N) is 2. The van der Waals surface area contributed by atoms with Crippen LogP contribution in [0.1, 0.15) is 31.7 Å². The first-order valence-corrected chi connectivity index (χ1v) is 8.04. The lowest BCUT2D eigenvalue weighted by molar-refractivity contribution is 0.395. The molecular weight excluding hydrogens is 320 g/mol. The highest BCUT2D eigenvalue weighted by molar-refractivity contribution is 5.68. The molecule has 132 valence electrons. The zero-order valence-corrected chi connectivity index (χ0v) is 14.8. The maximum Gasteiger partial charge on any atom is 0.271 e. The van der Waals surface area contributed by atoms with Gasteiger partial charge in [0.05, 0.1) is 19.9 Å². The van der Waals surface area contributed by atoms with Crippen molar-refractivity contribution < 1.29 is 9.47 Å². The van der Waals surface area contributed by atoms with Gasteiger partial charge in [0, 0.05) is 12.5 Å². The van der Waals surface area contributed by atoms with Crippen LogP contribution in [0.2, 0.25) is 0 Å². The van der Waals surface area contributed by atoms with Gasteiger partial charge in [-0.05, 0) is 18.1 Å². The molecule has 0 saturated carbocycles. The minimum absolute atomic E-state index is 0.0641. The van der Waals surface area contributed by atoms with E-state index in [0.717, 1.165) is 6.42 Å². The average molecular weight is 342 g/mol. The molecule has 1 heterocycles. The van der Waals surface area contributed by atoms with Gasteiger partial charge in [-0.2, -0.15) is 5.26 Å². The topological polar surface area (TPSA) is 100 Å². The van der Waals surface area contributed by atoms with Gasteiger partial charge in [-0.1, -0.05) is 20.3 Å². The van der Waals surface area contributed by atoms with E-state index in [9.17, 15) is 10.1 Å². The summed E-state index contributed by atoms with van der Waals surface area (Å²) < 4.78 is 10.5. The summed E-state index contributed by atoms with van der Waals surface area (Å²) in [5.74, 6) is 2.30. The van der Waals surface area contributed by atoms with Gasteiger partial charge in [-0.15, -0.1) is 0 Å². The molecule has 1 atom stereocenters. The predicted octanol–water partition coefficient (Wildman–Crippen LogP) is 2.99. The number of H-pyrrole nitrogens is 1. The van der Waals surface area contributed by atoms with Crippen molar-refractivity contribution in [1.29, 1.82) is 5.26 Å². The molecule has 7 nitrogen and oxygen atoms in total. The lowest BCUT2D eigenvalue weighted by Crippen LogP contribution is -2.19. The Hall–Kier alpha value is -3.01. The first-order valence-electron chi connectivity index (χ1n) is 8.04. The van der Waals surface area contributed by atoms with Crippen LogP contribution >= 0.6 is 0 Å². The van der Waals surface area contributed by atoms with Crippen molar-refractivity contribution >= 4 is 11.5 Å². The third kappa shape index (κ3) is 4.29. The van der Waals surface area contributed by atoms with E-state index in [0.29, 0.717) is 35.3 Å². The van der Waals surface area contributed by atoms with Crippen LogP contribution in [-0.4, -0.2) is 24.2 Å². The molecule has 2 N–H and O–H groups in total. The monoisotopic (exact) mass is 342 g/mol. The summed E-state index contributed by atoms with van der Waals surface area (Å²) in [5, 5.41) is 12.3. The molecule has 1 aromatic carbocycles. The number of methoxy groups -OCH3 is 2. The van der Waals surface area contributed by atoms with E-state index in [1.54, 1.807) is 25.3 Å². The van der Waals surface area contributed by atoms with E-state index in [4.69, 9.17) is 9.47 Å². The summed E-state index contributed by atoms with van der Waals surface area (Å²) in [6, 6.07) is 7.11. The molecule has 0 aliphatic rings. The first kappa shape index (κ1) is 18.3. The number of hydrogen-bond donors (Lipinski definition) is 2. The molecule has 0 fully saturated rings. The van der Waals surface area contributed by atoms with Crippen LogP contribution in [-0.2, 0) is 6.42 Å². The Balaban J connectivity index is 2.44. The highest BCUT2D eigenvalue weighted by Gasteiger charge is 2.15. The quantitative estimate of drug-likeness (QED) is 0.802. The molecule has 0 spiro atoms. The van der Waals surface area contributed by atoms with Crippen molar-refractivity contribution in [3.63, 3.8) is 0 Å². The second-order valence-electron chi connectivity index (χ2n) is 5.76. The Morgan fingerprint density at radius 3 is 2.72 bits per heavy atom. The largest absolute Gasteiger partial charge is 0.497 e. The van der Waals surface area contributed by atoms with Crippen LogP contribution in [0.5, 0.6) is 11.5 Å². The molecule has 1 aromatic heterocycles. The highest BCUT2D eigenvalue weighted by Crippen LogP contribution is 2.31. The fourth-order valence-electron chi connectivity index (χ4n) is 2.31. The lowest BCUT2D eigenvalue weighted by atomic mass is 10.1.